The SMILES string of the molecule is CNCc1cccc(F)c1N1Cc2ccccc2C1. The normalized spacial score (nSPS) is 13.7. The van der Waals surface area contributed by atoms with Gasteiger partial charge in [0.05, 0.1) is 5.69 Å². The van der Waals surface area contributed by atoms with Gasteiger partial charge in [-0.3, -0.25) is 0 Å². The Bertz CT molecular complexity index is 570. The molecule has 2 nitrogen and oxygen atoms in total. The molecule has 0 aliphatic carbocycles. The summed E-state index contributed by atoms with van der Waals surface area (Å²) >= 11 is 0. The number of hydrogen-bond acceptors (Lipinski definition) is 2. The molecule has 0 atom stereocenters. The molecule has 0 aromatic heterocycles. The van der Waals surface area contributed by atoms with Crippen LogP contribution in [0.1, 0.15) is 16.7 Å². The van der Waals surface area contributed by atoms with Crippen LogP contribution in [0, 0.1) is 5.82 Å². The van der Waals surface area contributed by atoms with E-state index in [4.69, 9.17) is 0 Å². The molecule has 3 heteroatoms. The van der Waals surface area contributed by atoms with E-state index in [0.717, 1.165) is 24.3 Å². The molecule has 19 heavy (non-hydrogen) atoms. The van der Waals surface area contributed by atoms with Gasteiger partial charge in [0.25, 0.3) is 0 Å². The lowest BCUT2D eigenvalue weighted by Crippen LogP contribution is -2.20. The fraction of sp³-hybridized carbons (Fsp3) is 0.250. The Morgan fingerprint density at radius 1 is 1.05 bits per heavy atom. The minimum absolute atomic E-state index is 0.138. The standard InChI is InChI=1S/C16H17FN2/c1-18-9-12-7-4-8-15(17)16(12)19-10-13-5-2-3-6-14(13)11-19/h2-8,18H,9-11H2,1H3. The van der Waals surface area contributed by atoms with Crippen LogP contribution in [0.3, 0.4) is 0 Å². The van der Waals surface area contributed by atoms with Gasteiger partial charge in [0.15, 0.2) is 0 Å². The van der Waals surface area contributed by atoms with Crippen LogP contribution in [0.25, 0.3) is 0 Å². The van der Waals surface area contributed by atoms with Gasteiger partial charge in [0, 0.05) is 19.6 Å². The number of fused-ring (bicyclic) bond motifs is 1. The average Bonchev–Trinajstić information content (AvgIpc) is 2.82. The number of nitrogens with one attached hydrogen (secondary N) is 1. The zero-order valence-corrected chi connectivity index (χ0v) is 11.0. The molecule has 1 aliphatic heterocycles. The molecule has 0 amide bonds. The van der Waals surface area contributed by atoms with E-state index in [1.54, 1.807) is 6.07 Å². The molecule has 2 aromatic carbocycles. The first kappa shape index (κ1) is 12.2. The maximum atomic E-state index is 14.2. The number of benzene rings is 2. The summed E-state index contributed by atoms with van der Waals surface area (Å²) in [5.41, 5.74) is 4.32. The molecule has 1 heterocycles. The van der Waals surface area contributed by atoms with E-state index >= 15 is 0 Å². The Labute approximate surface area is 112 Å². The average molecular weight is 256 g/mol. The van der Waals surface area contributed by atoms with Crippen LogP contribution in [0.5, 0.6) is 0 Å². The first-order chi connectivity index (χ1) is 9.29. The fourth-order valence-electron chi connectivity index (χ4n) is 2.74. The second-order valence-corrected chi connectivity index (χ2v) is 4.90. The van der Waals surface area contributed by atoms with Gasteiger partial charge in [-0.2, -0.15) is 0 Å². The quantitative estimate of drug-likeness (QED) is 0.908. The zero-order valence-electron chi connectivity index (χ0n) is 11.0. The summed E-state index contributed by atoms with van der Waals surface area (Å²) in [6, 6.07) is 13.6. The highest BCUT2D eigenvalue weighted by Gasteiger charge is 2.22. The molecule has 0 spiro atoms. The molecule has 0 unspecified atom stereocenters. The summed E-state index contributed by atoms with van der Waals surface area (Å²) in [4.78, 5) is 2.12. The zero-order chi connectivity index (χ0) is 13.2. The van der Waals surface area contributed by atoms with Crippen LogP contribution in [0.4, 0.5) is 10.1 Å². The van der Waals surface area contributed by atoms with Gasteiger partial charge in [0.1, 0.15) is 5.82 Å². The van der Waals surface area contributed by atoms with Crippen LogP contribution in [0.2, 0.25) is 0 Å². The largest absolute Gasteiger partial charge is 0.360 e. The van der Waals surface area contributed by atoms with Crippen molar-refractivity contribution in [3.8, 4) is 0 Å². The van der Waals surface area contributed by atoms with Gasteiger partial charge in [-0.25, -0.2) is 4.39 Å². The molecule has 3 rings (SSSR count). The molecule has 2 aromatic rings. The van der Waals surface area contributed by atoms with Crippen LogP contribution >= 0.6 is 0 Å². The Kier molecular flexibility index (Phi) is 3.22. The first-order valence-corrected chi connectivity index (χ1v) is 6.53. The summed E-state index contributed by atoms with van der Waals surface area (Å²) in [5.74, 6) is -0.138. The van der Waals surface area contributed by atoms with Crippen molar-refractivity contribution in [1.82, 2.24) is 5.32 Å². The molecular weight excluding hydrogens is 239 g/mol. The predicted molar refractivity (Wildman–Crippen MR) is 75.5 cm³/mol. The molecule has 0 fully saturated rings. The number of hydrogen-bond donors (Lipinski definition) is 1. The summed E-state index contributed by atoms with van der Waals surface area (Å²) in [7, 11) is 1.88. The molecule has 0 saturated carbocycles. The highest BCUT2D eigenvalue weighted by atomic mass is 19.1. The highest BCUT2D eigenvalue weighted by molar-refractivity contribution is 5.58. The molecular formula is C16H17FN2. The topological polar surface area (TPSA) is 15.3 Å². The maximum Gasteiger partial charge on any atom is 0.146 e. The van der Waals surface area contributed by atoms with Crippen molar-refractivity contribution in [2.24, 2.45) is 0 Å². The van der Waals surface area contributed by atoms with E-state index < -0.39 is 0 Å². The van der Waals surface area contributed by atoms with Crippen molar-refractivity contribution in [3.63, 3.8) is 0 Å². The smallest absolute Gasteiger partial charge is 0.146 e. The monoisotopic (exact) mass is 256 g/mol. The van der Waals surface area contributed by atoms with Crippen molar-refractivity contribution < 1.29 is 4.39 Å². The second-order valence-electron chi connectivity index (χ2n) is 4.90. The van der Waals surface area contributed by atoms with Gasteiger partial charge in [0.2, 0.25) is 0 Å². The third kappa shape index (κ3) is 2.22. The van der Waals surface area contributed by atoms with Crippen LogP contribution in [-0.4, -0.2) is 7.05 Å². The summed E-state index contributed by atoms with van der Waals surface area (Å²) < 4.78 is 14.2. The molecule has 0 radical (unpaired) electrons. The molecule has 1 N–H and O–H groups in total. The summed E-state index contributed by atoms with van der Waals surface area (Å²) in [6.45, 7) is 2.25. The highest BCUT2D eigenvalue weighted by Crippen LogP contribution is 2.32. The minimum Gasteiger partial charge on any atom is -0.360 e. The Morgan fingerprint density at radius 2 is 1.74 bits per heavy atom. The van der Waals surface area contributed by atoms with Gasteiger partial charge in [-0.05, 0) is 29.8 Å². The van der Waals surface area contributed by atoms with E-state index in [0.29, 0.717) is 6.54 Å². The third-order valence-corrected chi connectivity index (χ3v) is 3.59. The maximum absolute atomic E-state index is 14.2. The fourth-order valence-corrected chi connectivity index (χ4v) is 2.74. The van der Waals surface area contributed by atoms with E-state index in [1.807, 2.05) is 25.2 Å². The van der Waals surface area contributed by atoms with E-state index in [-0.39, 0.29) is 5.82 Å². The summed E-state index contributed by atoms with van der Waals surface area (Å²) in [6.07, 6.45) is 0. The van der Waals surface area contributed by atoms with Gasteiger partial charge in [-0.1, -0.05) is 36.4 Å². The third-order valence-electron chi connectivity index (χ3n) is 3.59. The Morgan fingerprint density at radius 3 is 2.37 bits per heavy atom. The number of para-hydroxylation sites is 1. The van der Waals surface area contributed by atoms with E-state index in [9.17, 15) is 4.39 Å². The van der Waals surface area contributed by atoms with Crippen molar-refractivity contribution in [2.45, 2.75) is 19.6 Å². The van der Waals surface area contributed by atoms with Gasteiger partial charge < -0.3 is 10.2 Å². The number of anilines is 1. The Balaban J connectivity index is 1.96. The van der Waals surface area contributed by atoms with E-state index in [2.05, 4.69) is 22.3 Å². The van der Waals surface area contributed by atoms with Gasteiger partial charge >= 0.3 is 0 Å². The number of halogens is 1. The van der Waals surface area contributed by atoms with Gasteiger partial charge in [-0.15, -0.1) is 0 Å². The van der Waals surface area contributed by atoms with Crippen molar-refractivity contribution in [1.29, 1.82) is 0 Å². The van der Waals surface area contributed by atoms with E-state index in [1.165, 1.54) is 17.2 Å². The van der Waals surface area contributed by atoms with Crippen LogP contribution in [0.15, 0.2) is 42.5 Å². The van der Waals surface area contributed by atoms with Crippen molar-refractivity contribution in [2.75, 3.05) is 11.9 Å². The molecule has 0 bridgehead atoms. The molecule has 0 saturated heterocycles. The molecule has 1 aliphatic rings. The minimum atomic E-state index is -0.138. The van der Waals surface area contributed by atoms with Crippen molar-refractivity contribution in [3.05, 3.63) is 65.0 Å². The van der Waals surface area contributed by atoms with Crippen LogP contribution < -0.4 is 10.2 Å². The van der Waals surface area contributed by atoms with Crippen LogP contribution in [-0.2, 0) is 19.6 Å². The lowest BCUT2D eigenvalue weighted by Gasteiger charge is -2.22. The van der Waals surface area contributed by atoms with Crippen molar-refractivity contribution >= 4 is 5.69 Å². The first-order valence-electron chi connectivity index (χ1n) is 6.53. The second kappa shape index (κ2) is 5.02. The lowest BCUT2D eigenvalue weighted by molar-refractivity contribution is 0.614. The Hall–Kier alpha value is -1.87. The number of rotatable bonds is 3. The number of nitrogens with zero attached hydrogens (tertiary/aromatic N) is 1. The lowest BCUT2D eigenvalue weighted by atomic mass is 10.1. The predicted octanol–water partition coefficient (Wildman–Crippen LogP) is 3.07. The summed E-state index contributed by atoms with van der Waals surface area (Å²) in [5, 5.41) is 3.10. The molecule has 98 valence electrons.